The molecule has 148 valence electrons. The summed E-state index contributed by atoms with van der Waals surface area (Å²) in [7, 11) is 2.86. The van der Waals surface area contributed by atoms with Crippen LogP contribution in [0.15, 0.2) is 30.0 Å². The van der Waals surface area contributed by atoms with Crippen molar-refractivity contribution in [2.24, 2.45) is 5.41 Å². The standard InChI is InChI=1S/C22H25FN2O3/c1-4-22(13-18(27-2)21(26)28-3)9-5-10-25-11-8-15-16-12-14(23)6-7-17(16)24-19(15)20(22)25/h6-7,12-13H,4-5,8-11H2,1-3H3/p+1/b18-13-/t22-/m0/s1. The highest BCUT2D eigenvalue weighted by molar-refractivity contribution is 6.08. The molecular weight excluding hydrogens is 359 g/mol. The van der Waals surface area contributed by atoms with Gasteiger partial charge >= 0.3 is 5.97 Å². The molecule has 2 aliphatic heterocycles. The van der Waals surface area contributed by atoms with E-state index in [1.54, 1.807) is 12.1 Å². The van der Waals surface area contributed by atoms with E-state index in [0.717, 1.165) is 60.9 Å². The first kappa shape index (κ1) is 18.7. The second kappa shape index (κ2) is 7.08. The van der Waals surface area contributed by atoms with Gasteiger partial charge in [-0.3, -0.25) is 0 Å². The summed E-state index contributed by atoms with van der Waals surface area (Å²) in [5, 5.41) is 0.946. The number of nitrogens with zero attached hydrogens (tertiary/aromatic N) is 1. The smallest absolute Gasteiger partial charge is 0.372 e. The SMILES string of the molecule is CC[C@@]1(/C=C(\OC)C(=O)OC)CCC[N+]2=C1c1[nH]c3ccc(F)cc3c1CC2. The van der Waals surface area contributed by atoms with E-state index in [4.69, 9.17) is 9.47 Å². The summed E-state index contributed by atoms with van der Waals surface area (Å²) in [6.45, 7) is 4.00. The van der Waals surface area contributed by atoms with E-state index in [0.29, 0.717) is 0 Å². The Kier molecular flexibility index (Phi) is 4.73. The molecule has 0 aliphatic carbocycles. The molecule has 0 amide bonds. The number of nitrogens with one attached hydrogen (secondary N) is 1. The highest BCUT2D eigenvalue weighted by Gasteiger charge is 2.47. The van der Waals surface area contributed by atoms with Gasteiger partial charge < -0.3 is 14.5 Å². The van der Waals surface area contributed by atoms with E-state index in [2.05, 4.69) is 16.5 Å². The number of carbonyl (C=O) groups excluding carboxylic acids is 1. The van der Waals surface area contributed by atoms with Crippen molar-refractivity contribution in [3.05, 3.63) is 47.1 Å². The van der Waals surface area contributed by atoms with Gasteiger partial charge in [0, 0.05) is 23.7 Å². The number of esters is 1. The predicted octanol–water partition coefficient (Wildman–Crippen LogP) is 3.56. The van der Waals surface area contributed by atoms with Crippen LogP contribution in [-0.2, 0) is 20.7 Å². The topological polar surface area (TPSA) is 54.3 Å². The van der Waals surface area contributed by atoms with Crippen LogP contribution in [0, 0.1) is 11.2 Å². The van der Waals surface area contributed by atoms with Gasteiger partial charge in [-0.25, -0.2) is 13.8 Å². The van der Waals surface area contributed by atoms with Crippen LogP contribution >= 0.6 is 0 Å². The fourth-order valence-electron chi connectivity index (χ4n) is 4.83. The zero-order valence-corrected chi connectivity index (χ0v) is 16.6. The number of hydrogen-bond donors (Lipinski definition) is 1. The number of allylic oxidation sites excluding steroid dienone is 1. The lowest BCUT2D eigenvalue weighted by atomic mass is 9.71. The van der Waals surface area contributed by atoms with Crippen LogP contribution in [0.4, 0.5) is 4.39 Å². The molecule has 1 aromatic heterocycles. The van der Waals surface area contributed by atoms with E-state index in [1.165, 1.54) is 26.0 Å². The Morgan fingerprint density at radius 2 is 2.14 bits per heavy atom. The highest BCUT2D eigenvalue weighted by atomic mass is 19.1. The van der Waals surface area contributed by atoms with Gasteiger partial charge in [0.25, 0.3) is 0 Å². The maximum atomic E-state index is 13.9. The number of ether oxygens (including phenoxy) is 2. The summed E-state index contributed by atoms with van der Waals surface area (Å²) < 4.78 is 26.5. The molecule has 0 fully saturated rings. The molecule has 1 N–H and O–H groups in total. The summed E-state index contributed by atoms with van der Waals surface area (Å²) in [6.07, 6.45) is 5.59. The summed E-state index contributed by atoms with van der Waals surface area (Å²) in [5.74, 6) is -0.463. The van der Waals surface area contributed by atoms with Crippen molar-refractivity contribution in [2.75, 3.05) is 27.3 Å². The molecule has 1 aromatic carbocycles. The average Bonchev–Trinajstić information content (AvgIpc) is 3.09. The van der Waals surface area contributed by atoms with Gasteiger partial charge in [-0.1, -0.05) is 6.92 Å². The summed E-state index contributed by atoms with van der Waals surface area (Å²) >= 11 is 0. The van der Waals surface area contributed by atoms with E-state index in [9.17, 15) is 9.18 Å². The number of carbonyl (C=O) groups is 1. The molecule has 0 unspecified atom stereocenters. The van der Waals surface area contributed by atoms with E-state index in [-0.39, 0.29) is 17.0 Å². The normalized spacial score (nSPS) is 22.1. The fraction of sp³-hybridized carbons (Fsp3) is 0.455. The van der Waals surface area contributed by atoms with Gasteiger partial charge in [0.05, 0.1) is 19.6 Å². The van der Waals surface area contributed by atoms with Crippen molar-refractivity contribution in [3.63, 3.8) is 0 Å². The summed E-state index contributed by atoms with van der Waals surface area (Å²) in [6, 6.07) is 4.90. The third-order valence-electron chi connectivity index (χ3n) is 6.22. The van der Waals surface area contributed by atoms with Crippen molar-refractivity contribution in [1.82, 2.24) is 4.98 Å². The van der Waals surface area contributed by atoms with Crippen molar-refractivity contribution < 1.29 is 23.2 Å². The third kappa shape index (κ3) is 2.82. The molecule has 0 saturated heterocycles. The molecule has 3 heterocycles. The molecule has 5 nitrogen and oxygen atoms in total. The molecule has 6 heteroatoms. The van der Waals surface area contributed by atoms with Crippen molar-refractivity contribution in [2.45, 2.75) is 32.6 Å². The molecule has 1 atom stereocenters. The first-order valence-corrected chi connectivity index (χ1v) is 9.81. The van der Waals surface area contributed by atoms with Crippen LogP contribution in [0.5, 0.6) is 0 Å². The Balaban J connectivity index is 1.94. The van der Waals surface area contributed by atoms with Crippen LogP contribution in [-0.4, -0.2) is 48.5 Å². The molecular formula is C22H26FN2O3+. The minimum absolute atomic E-state index is 0.223. The number of fused-ring (bicyclic) bond motifs is 4. The quantitative estimate of drug-likeness (QED) is 0.379. The van der Waals surface area contributed by atoms with Gasteiger partial charge in [-0.15, -0.1) is 0 Å². The lowest BCUT2D eigenvalue weighted by molar-refractivity contribution is -0.537. The van der Waals surface area contributed by atoms with Gasteiger partial charge in [0.1, 0.15) is 24.6 Å². The molecule has 0 radical (unpaired) electrons. The van der Waals surface area contributed by atoms with Crippen LogP contribution in [0.1, 0.15) is 37.4 Å². The Labute approximate surface area is 163 Å². The summed E-state index contributed by atoms with van der Waals surface area (Å²) in [5.41, 5.74) is 4.00. The molecule has 0 bridgehead atoms. The number of rotatable bonds is 4. The maximum Gasteiger partial charge on any atom is 0.372 e. The van der Waals surface area contributed by atoms with Crippen LogP contribution in [0.2, 0.25) is 0 Å². The molecule has 2 aliphatic rings. The Morgan fingerprint density at radius 3 is 2.86 bits per heavy atom. The molecule has 28 heavy (non-hydrogen) atoms. The second-order valence-electron chi connectivity index (χ2n) is 7.57. The van der Waals surface area contributed by atoms with Crippen LogP contribution < -0.4 is 0 Å². The number of methoxy groups -OCH3 is 2. The fourth-order valence-corrected chi connectivity index (χ4v) is 4.83. The minimum atomic E-state index is -0.470. The lowest BCUT2D eigenvalue weighted by Crippen LogP contribution is -2.46. The van der Waals surface area contributed by atoms with Gasteiger partial charge in [-0.05, 0) is 42.7 Å². The molecule has 4 rings (SSSR count). The maximum absolute atomic E-state index is 13.9. The number of halogens is 1. The first-order chi connectivity index (χ1) is 13.5. The predicted molar refractivity (Wildman–Crippen MR) is 105 cm³/mol. The minimum Gasteiger partial charge on any atom is -0.490 e. The number of aromatic amines is 1. The van der Waals surface area contributed by atoms with E-state index in [1.807, 2.05) is 6.08 Å². The summed E-state index contributed by atoms with van der Waals surface area (Å²) in [4.78, 5) is 15.7. The number of H-pyrrole nitrogens is 1. The Hall–Kier alpha value is -2.63. The first-order valence-electron chi connectivity index (χ1n) is 9.81. The largest absolute Gasteiger partial charge is 0.490 e. The Bertz CT molecular complexity index is 1000. The average molecular weight is 385 g/mol. The lowest BCUT2D eigenvalue weighted by Gasteiger charge is -2.35. The van der Waals surface area contributed by atoms with E-state index >= 15 is 0 Å². The van der Waals surface area contributed by atoms with Crippen LogP contribution in [0.25, 0.3) is 10.9 Å². The van der Waals surface area contributed by atoms with Crippen molar-refractivity contribution >= 4 is 22.6 Å². The monoisotopic (exact) mass is 385 g/mol. The zero-order chi connectivity index (χ0) is 19.9. The van der Waals surface area contributed by atoms with Gasteiger partial charge in [0.15, 0.2) is 0 Å². The zero-order valence-electron chi connectivity index (χ0n) is 16.6. The van der Waals surface area contributed by atoms with Gasteiger partial charge in [0.2, 0.25) is 11.5 Å². The van der Waals surface area contributed by atoms with Crippen LogP contribution in [0.3, 0.4) is 0 Å². The van der Waals surface area contributed by atoms with Gasteiger partial charge in [-0.2, -0.15) is 0 Å². The number of hydrogen-bond acceptors (Lipinski definition) is 3. The molecule has 2 aromatic rings. The highest BCUT2D eigenvalue weighted by Crippen LogP contribution is 2.42. The van der Waals surface area contributed by atoms with Crippen molar-refractivity contribution in [3.8, 4) is 0 Å². The molecule has 0 saturated carbocycles. The number of benzene rings is 1. The third-order valence-corrected chi connectivity index (χ3v) is 6.22. The van der Waals surface area contributed by atoms with E-state index < -0.39 is 5.97 Å². The Morgan fingerprint density at radius 1 is 1.32 bits per heavy atom. The molecule has 0 spiro atoms. The number of aromatic nitrogens is 1. The second-order valence-corrected chi connectivity index (χ2v) is 7.57. The van der Waals surface area contributed by atoms with Crippen molar-refractivity contribution in [1.29, 1.82) is 0 Å².